The number of para-hydroxylation sites is 1. The lowest BCUT2D eigenvalue weighted by molar-refractivity contribution is -0.117. The number of fused-ring (bicyclic) bond motifs is 1. The third kappa shape index (κ3) is 5.81. The SMILES string of the molecule is COc1ccc(-c2csnc2-c2cc(OC)c(OC)c(OC)c2)cc1NC(=O)[C@H](Cc1cc2ccccc2o1)NCl. The summed E-state index contributed by atoms with van der Waals surface area (Å²) in [6.45, 7) is 0. The summed E-state index contributed by atoms with van der Waals surface area (Å²) in [5.41, 5.74) is 4.43. The van der Waals surface area contributed by atoms with Gasteiger partial charge in [0.05, 0.1) is 39.8 Å². The maximum atomic E-state index is 13.3. The summed E-state index contributed by atoms with van der Waals surface area (Å²) in [5.74, 6) is 2.33. The van der Waals surface area contributed by atoms with Gasteiger partial charge in [-0.25, -0.2) is 4.84 Å². The maximum absolute atomic E-state index is 13.3. The predicted octanol–water partition coefficient (Wildman–Crippen LogP) is 6.55. The van der Waals surface area contributed by atoms with E-state index in [1.807, 2.05) is 60.0 Å². The fourth-order valence-corrected chi connectivity index (χ4v) is 5.47. The van der Waals surface area contributed by atoms with E-state index in [2.05, 4.69) is 14.5 Å². The highest BCUT2D eigenvalue weighted by atomic mass is 35.5. The Morgan fingerprint density at radius 2 is 1.66 bits per heavy atom. The molecule has 41 heavy (non-hydrogen) atoms. The first-order valence-corrected chi connectivity index (χ1v) is 13.8. The van der Waals surface area contributed by atoms with E-state index >= 15 is 0 Å². The third-order valence-electron chi connectivity index (χ3n) is 6.61. The van der Waals surface area contributed by atoms with Crippen LogP contribution in [0, 0.1) is 0 Å². The molecular weight excluding hydrogens is 566 g/mol. The van der Waals surface area contributed by atoms with E-state index in [1.54, 1.807) is 34.5 Å². The van der Waals surface area contributed by atoms with Crippen LogP contribution in [0.1, 0.15) is 5.76 Å². The van der Waals surface area contributed by atoms with Crippen LogP contribution >= 0.6 is 23.3 Å². The first kappa shape index (κ1) is 28.3. The smallest absolute Gasteiger partial charge is 0.243 e. The van der Waals surface area contributed by atoms with E-state index in [1.165, 1.54) is 11.5 Å². The molecule has 2 aromatic heterocycles. The number of anilines is 1. The first-order valence-electron chi connectivity index (χ1n) is 12.6. The van der Waals surface area contributed by atoms with Crippen LogP contribution in [0.25, 0.3) is 33.4 Å². The van der Waals surface area contributed by atoms with Gasteiger partial charge in [-0.2, -0.15) is 4.37 Å². The Labute approximate surface area is 246 Å². The second-order valence-corrected chi connectivity index (χ2v) is 9.86. The zero-order chi connectivity index (χ0) is 28.9. The molecule has 0 saturated carbocycles. The topological polar surface area (TPSA) is 104 Å². The fraction of sp³-hybridized carbons (Fsp3) is 0.200. The number of methoxy groups -OCH3 is 4. The Kier molecular flexibility index (Phi) is 8.63. The summed E-state index contributed by atoms with van der Waals surface area (Å²) >= 11 is 7.32. The van der Waals surface area contributed by atoms with Crippen molar-refractivity contribution in [1.82, 2.24) is 9.21 Å². The van der Waals surface area contributed by atoms with E-state index in [-0.39, 0.29) is 12.3 Å². The highest BCUT2D eigenvalue weighted by Crippen LogP contribution is 2.44. The van der Waals surface area contributed by atoms with Gasteiger partial charge in [-0.15, -0.1) is 0 Å². The summed E-state index contributed by atoms with van der Waals surface area (Å²) < 4.78 is 32.6. The summed E-state index contributed by atoms with van der Waals surface area (Å²) in [7, 11) is 6.24. The molecule has 1 amide bonds. The quantitative estimate of drug-likeness (QED) is 0.166. The Hall–Kier alpha value is -4.25. The van der Waals surface area contributed by atoms with Crippen LogP contribution in [0.5, 0.6) is 23.0 Å². The summed E-state index contributed by atoms with van der Waals surface area (Å²) in [4.78, 5) is 15.9. The van der Waals surface area contributed by atoms with Crippen molar-refractivity contribution in [3.05, 3.63) is 71.8 Å². The molecule has 0 fully saturated rings. The number of nitrogens with zero attached hydrogens (tertiary/aromatic N) is 1. The van der Waals surface area contributed by atoms with Crippen molar-refractivity contribution in [1.29, 1.82) is 0 Å². The van der Waals surface area contributed by atoms with Crippen molar-refractivity contribution in [2.75, 3.05) is 33.8 Å². The van der Waals surface area contributed by atoms with Gasteiger partial charge in [0.25, 0.3) is 0 Å². The molecule has 2 N–H and O–H groups in total. The lowest BCUT2D eigenvalue weighted by atomic mass is 10.0. The molecule has 0 aliphatic heterocycles. The number of rotatable bonds is 11. The predicted molar refractivity (Wildman–Crippen MR) is 161 cm³/mol. The average molecular weight is 594 g/mol. The van der Waals surface area contributed by atoms with Crippen LogP contribution in [0.2, 0.25) is 0 Å². The van der Waals surface area contributed by atoms with Crippen LogP contribution in [-0.4, -0.2) is 44.8 Å². The fourth-order valence-electron chi connectivity index (χ4n) is 4.58. The van der Waals surface area contributed by atoms with Crippen LogP contribution in [0.15, 0.2) is 70.5 Å². The van der Waals surface area contributed by atoms with Gasteiger partial charge in [0.15, 0.2) is 11.5 Å². The zero-order valence-corrected chi connectivity index (χ0v) is 24.4. The number of hydrogen-bond donors (Lipinski definition) is 2. The molecule has 11 heteroatoms. The second-order valence-electron chi connectivity index (χ2n) is 9.01. The van der Waals surface area contributed by atoms with Crippen LogP contribution < -0.4 is 29.1 Å². The normalized spacial score (nSPS) is 11.7. The largest absolute Gasteiger partial charge is 0.495 e. The minimum atomic E-state index is -0.761. The Bertz CT molecular complexity index is 1630. The Morgan fingerprint density at radius 3 is 2.32 bits per heavy atom. The van der Waals surface area contributed by atoms with Gasteiger partial charge in [-0.05, 0) is 65.3 Å². The van der Waals surface area contributed by atoms with Gasteiger partial charge in [0, 0.05) is 28.3 Å². The van der Waals surface area contributed by atoms with Crippen molar-refractivity contribution in [3.63, 3.8) is 0 Å². The van der Waals surface area contributed by atoms with E-state index in [4.69, 9.17) is 35.1 Å². The molecule has 5 rings (SSSR count). The molecular formula is C30H28ClN3O6S. The van der Waals surface area contributed by atoms with Gasteiger partial charge in [-0.3, -0.25) is 4.79 Å². The molecule has 0 unspecified atom stereocenters. The van der Waals surface area contributed by atoms with Crippen molar-refractivity contribution >= 4 is 45.9 Å². The highest BCUT2D eigenvalue weighted by Gasteiger charge is 2.23. The molecule has 0 aliphatic carbocycles. The van der Waals surface area contributed by atoms with Gasteiger partial charge in [-0.1, -0.05) is 24.3 Å². The maximum Gasteiger partial charge on any atom is 0.243 e. The van der Waals surface area contributed by atoms with Crippen LogP contribution in [0.3, 0.4) is 0 Å². The monoisotopic (exact) mass is 593 g/mol. The van der Waals surface area contributed by atoms with E-state index < -0.39 is 6.04 Å². The number of carbonyl (C=O) groups excluding carboxylic acids is 1. The molecule has 0 bridgehead atoms. The number of amides is 1. The minimum absolute atomic E-state index is 0.256. The number of hydrogen-bond acceptors (Lipinski definition) is 9. The summed E-state index contributed by atoms with van der Waals surface area (Å²) in [6, 6.07) is 18.0. The summed E-state index contributed by atoms with van der Waals surface area (Å²) in [6.07, 6.45) is 0.256. The van der Waals surface area contributed by atoms with Gasteiger partial charge >= 0.3 is 0 Å². The average Bonchev–Trinajstić information content (AvgIpc) is 3.66. The van der Waals surface area contributed by atoms with E-state index in [0.717, 1.165) is 33.4 Å². The van der Waals surface area contributed by atoms with Crippen molar-refractivity contribution < 1.29 is 28.2 Å². The first-order chi connectivity index (χ1) is 20.0. The lowest BCUT2D eigenvalue weighted by Gasteiger charge is -2.17. The number of ether oxygens (including phenoxy) is 4. The second kappa shape index (κ2) is 12.5. The Balaban J connectivity index is 1.44. The molecule has 9 nitrogen and oxygen atoms in total. The molecule has 0 spiro atoms. The number of halogens is 1. The number of benzene rings is 3. The highest BCUT2D eigenvalue weighted by molar-refractivity contribution is 7.04. The lowest BCUT2D eigenvalue weighted by Crippen LogP contribution is -2.37. The zero-order valence-electron chi connectivity index (χ0n) is 22.8. The molecule has 1 atom stereocenters. The Morgan fingerprint density at radius 1 is 0.927 bits per heavy atom. The van der Waals surface area contributed by atoms with E-state index in [0.29, 0.717) is 34.4 Å². The van der Waals surface area contributed by atoms with Crippen molar-refractivity contribution in [2.24, 2.45) is 0 Å². The number of aromatic nitrogens is 1. The third-order valence-corrected chi connectivity index (χ3v) is 7.50. The van der Waals surface area contributed by atoms with E-state index in [9.17, 15) is 4.79 Å². The molecule has 5 aromatic rings. The standard InChI is InChI=1S/C30H28ClN3O6S/c1-36-25-10-9-17(21-16-41-34-28(21)19-13-26(37-2)29(39-4)27(14-19)38-3)12-22(25)32-30(35)23(33-31)15-20-11-18-7-5-6-8-24(18)40-20/h5-14,16,23,33H,15H2,1-4H3,(H,32,35)/t23-/m0/s1. The molecule has 2 heterocycles. The number of carbonyl (C=O) groups is 1. The molecule has 212 valence electrons. The molecule has 3 aromatic carbocycles. The number of furan rings is 1. The minimum Gasteiger partial charge on any atom is -0.495 e. The van der Waals surface area contributed by atoms with Crippen molar-refractivity contribution in [2.45, 2.75) is 12.5 Å². The number of nitrogens with one attached hydrogen (secondary N) is 2. The van der Waals surface area contributed by atoms with Gasteiger partial charge < -0.3 is 28.7 Å². The van der Waals surface area contributed by atoms with Gasteiger partial charge in [0.1, 0.15) is 23.1 Å². The van der Waals surface area contributed by atoms with Gasteiger partial charge in [0.2, 0.25) is 11.7 Å². The van der Waals surface area contributed by atoms with Crippen LogP contribution in [0.4, 0.5) is 5.69 Å². The molecule has 0 aliphatic rings. The summed E-state index contributed by atoms with van der Waals surface area (Å²) in [5, 5.41) is 5.85. The van der Waals surface area contributed by atoms with Crippen molar-refractivity contribution in [3.8, 4) is 45.4 Å². The molecule has 0 saturated heterocycles. The molecule has 0 radical (unpaired) electrons. The van der Waals surface area contributed by atoms with Crippen LogP contribution in [-0.2, 0) is 11.2 Å².